The fourth-order valence-electron chi connectivity index (χ4n) is 4.50. The van der Waals surface area contributed by atoms with E-state index >= 15 is 0 Å². The summed E-state index contributed by atoms with van der Waals surface area (Å²) in [7, 11) is 0. The third-order valence-electron chi connectivity index (χ3n) is 10.3. The number of H-pyrrole nitrogens is 1. The summed E-state index contributed by atoms with van der Waals surface area (Å²) in [4.78, 5) is 3.89. The molecule has 0 spiro atoms. The number of aromatic nitrogens is 1. The van der Waals surface area contributed by atoms with Crippen molar-refractivity contribution in [1.82, 2.24) is 4.98 Å². The van der Waals surface area contributed by atoms with E-state index in [1.54, 1.807) is 3.28 Å². The predicted molar refractivity (Wildman–Crippen MR) is 123 cm³/mol. The number of halogens is 2. The van der Waals surface area contributed by atoms with Gasteiger partial charge in [-0.15, -0.1) is 24.8 Å². The van der Waals surface area contributed by atoms with E-state index in [2.05, 4.69) is 97.5 Å². The number of benzene rings is 1. The van der Waals surface area contributed by atoms with Crippen molar-refractivity contribution in [2.24, 2.45) is 0 Å². The van der Waals surface area contributed by atoms with E-state index in [0.717, 1.165) is 6.42 Å². The van der Waals surface area contributed by atoms with Crippen LogP contribution in [0.1, 0.15) is 27.2 Å². The van der Waals surface area contributed by atoms with Gasteiger partial charge in [0, 0.05) is 0 Å². The van der Waals surface area contributed by atoms with Crippen molar-refractivity contribution in [3.05, 3.63) is 51.8 Å². The zero-order valence-electron chi connectivity index (χ0n) is 17.6. The van der Waals surface area contributed by atoms with Crippen LogP contribution in [0.15, 0.2) is 51.8 Å². The number of hydrogen-bond acceptors (Lipinski definition) is 0. The summed E-state index contributed by atoms with van der Waals surface area (Å²) in [6.07, 6.45) is 8.02. The molecule has 0 saturated heterocycles. The van der Waals surface area contributed by atoms with Gasteiger partial charge in [0.25, 0.3) is 0 Å². The van der Waals surface area contributed by atoms with Gasteiger partial charge in [0.15, 0.2) is 0 Å². The van der Waals surface area contributed by atoms with Crippen LogP contribution in [0.25, 0.3) is 10.9 Å². The van der Waals surface area contributed by atoms with Gasteiger partial charge in [-0.3, -0.25) is 0 Å². The molecule has 0 amide bonds. The second-order valence-corrected chi connectivity index (χ2v) is 66.4. The van der Waals surface area contributed by atoms with Crippen LogP contribution in [-0.2, 0) is 14.3 Å². The van der Waals surface area contributed by atoms with Crippen LogP contribution in [-0.4, -0.2) is 4.98 Å². The number of fused-ring (bicyclic) bond motifs is 1. The predicted octanol–water partition coefficient (Wildman–Crippen LogP) is 8.24. The van der Waals surface area contributed by atoms with Gasteiger partial charge in [0.1, 0.15) is 0 Å². The Morgan fingerprint density at radius 2 is 1.50 bits per heavy atom. The monoisotopic (exact) mass is 475 g/mol. The van der Waals surface area contributed by atoms with Crippen LogP contribution in [0.3, 0.4) is 0 Å². The SMILES string of the molecule is C[C](C)(C)[Zr]([CH3])([CH3])([CH3])([CH3])([CH3])([C]1=CC=CC1)[c]1cc2ccccc2[nH]1.Cl.Cl. The maximum Gasteiger partial charge on any atom is -0.147 e. The van der Waals surface area contributed by atoms with Crippen LogP contribution >= 0.6 is 24.8 Å². The molecule has 0 radical (unpaired) electrons. The Morgan fingerprint density at radius 1 is 0.923 bits per heavy atom. The first-order valence-corrected chi connectivity index (χ1v) is 25.3. The third kappa shape index (κ3) is 2.19. The molecule has 1 N–H and O–H groups in total. The van der Waals surface area contributed by atoms with Gasteiger partial charge in [-0.2, -0.15) is 0 Å². The molecule has 1 aromatic heterocycles. The molecule has 0 fully saturated rings. The molecule has 0 atom stereocenters. The van der Waals surface area contributed by atoms with E-state index < -0.39 is 14.3 Å². The Morgan fingerprint density at radius 3 is 1.96 bits per heavy atom. The molecule has 1 heterocycles. The summed E-state index contributed by atoms with van der Waals surface area (Å²) in [5, 5.41) is 1.31. The van der Waals surface area contributed by atoms with Gasteiger partial charge >= 0.3 is 139 Å². The van der Waals surface area contributed by atoms with Gasteiger partial charge in [-0.25, -0.2) is 0 Å². The first-order valence-electron chi connectivity index (χ1n) is 9.37. The molecule has 148 valence electrons. The molecule has 0 aliphatic heterocycles. The van der Waals surface area contributed by atoms with Crippen LogP contribution < -0.4 is 3.40 Å². The van der Waals surface area contributed by atoms with Crippen molar-refractivity contribution in [3.63, 3.8) is 0 Å². The number of nitrogens with one attached hydrogen (secondary N) is 1. The fourth-order valence-corrected chi connectivity index (χ4v) is 20.4. The Kier molecular flexibility index (Phi) is 4.08. The quantitative estimate of drug-likeness (QED) is 0.448. The molecule has 1 aromatic carbocycles. The van der Waals surface area contributed by atoms with Crippen LogP contribution in [0, 0.1) is 0 Å². The standard InChI is InChI=1S/C8H6N.C5H5.C4H9.5CH3.2ClH.Zr/c1-2-4-8-7(3-1)5-6-9-8;1-2-4-5-3-1;1-4(2)3;;;;;;;;/h1-5,9H;1-3H,4H2;1-3H3;5*1H3;2*1H;. The maximum absolute atomic E-state index is 5.08. The summed E-state index contributed by atoms with van der Waals surface area (Å²) in [5.74, 6) is 0. The molecule has 0 unspecified atom stereocenters. The number of aromatic amines is 1. The summed E-state index contributed by atoms with van der Waals surface area (Å²) in [6, 6.07) is 11.1. The Bertz CT molecular complexity index is 945. The van der Waals surface area contributed by atoms with Crippen molar-refractivity contribution >= 4 is 39.1 Å². The van der Waals surface area contributed by atoms with Gasteiger partial charge < -0.3 is 0 Å². The second-order valence-electron chi connectivity index (χ2n) is 15.0. The van der Waals surface area contributed by atoms with E-state index in [9.17, 15) is 0 Å². The fraction of sp³-hybridized carbons (Fsp3) is 0.455. The molecule has 0 bridgehead atoms. The van der Waals surface area contributed by atoms with Crippen LogP contribution in [0.5, 0.6) is 0 Å². The number of rotatable bonds is 2. The van der Waals surface area contributed by atoms with Crippen molar-refractivity contribution in [1.29, 1.82) is 0 Å². The van der Waals surface area contributed by atoms with Gasteiger partial charge in [0.2, 0.25) is 0 Å². The molecule has 1 aliphatic rings. The van der Waals surface area contributed by atoms with Crippen molar-refractivity contribution in [3.8, 4) is 0 Å². The largest absolute Gasteiger partial charge is 0.147 e. The topological polar surface area (TPSA) is 15.8 Å². The average molecular weight is 478 g/mol. The zero-order valence-corrected chi connectivity index (χ0v) is 21.7. The number of allylic oxidation sites excluding steroid dienone is 4. The summed E-state index contributed by atoms with van der Waals surface area (Å²) in [5.41, 5.74) is 1.24. The molecule has 2 aromatic rings. The Balaban J connectivity index is 0.00000169. The Labute approximate surface area is 162 Å². The minimum atomic E-state index is -5.08. The molecular weight excluding hydrogens is 440 g/mol. The molecule has 0 saturated carbocycles. The smallest absolute Gasteiger partial charge is 0.147 e. The molecule has 4 heteroatoms. The minimum Gasteiger partial charge on any atom is -0.147 e. The first kappa shape index (κ1) is 23.7. The molecule has 26 heavy (non-hydrogen) atoms. The third-order valence-corrected chi connectivity index (χ3v) is 51.5. The van der Waals surface area contributed by atoms with E-state index in [1.165, 1.54) is 14.3 Å². The minimum absolute atomic E-state index is 0. The molecule has 3 rings (SSSR count). The van der Waals surface area contributed by atoms with Gasteiger partial charge in [-0.05, 0) is 0 Å². The number of hydrogen-bond donors (Lipinski definition) is 1. The van der Waals surface area contributed by atoms with Gasteiger partial charge in [0.05, 0.1) is 0 Å². The summed E-state index contributed by atoms with van der Waals surface area (Å²) in [6.45, 7) is 7.34. The summed E-state index contributed by atoms with van der Waals surface area (Å²) >= 11 is -5.08. The number of para-hydroxylation sites is 1. The van der Waals surface area contributed by atoms with Crippen LogP contribution in [0.4, 0.5) is 0 Å². The van der Waals surface area contributed by atoms with E-state index in [-0.39, 0.29) is 27.9 Å². The second kappa shape index (κ2) is 4.47. The van der Waals surface area contributed by atoms with Crippen LogP contribution in [0.2, 0.25) is 26.3 Å². The Hall–Kier alpha value is -0.297. The molecule has 1 aliphatic carbocycles. The molecular formula is C22H37Cl2NZr. The van der Waals surface area contributed by atoms with E-state index in [1.807, 2.05) is 0 Å². The van der Waals surface area contributed by atoms with Crippen molar-refractivity contribution in [2.75, 3.05) is 0 Å². The summed E-state index contributed by atoms with van der Waals surface area (Å²) < 4.78 is 16.3. The van der Waals surface area contributed by atoms with E-state index in [0.29, 0.717) is 0 Å². The average Bonchev–Trinajstić information content (AvgIpc) is 3.07. The normalized spacial score (nSPS) is 20.7. The zero-order chi connectivity index (χ0) is 18.2. The maximum atomic E-state index is 3.89. The van der Waals surface area contributed by atoms with Crippen molar-refractivity contribution < 1.29 is 14.3 Å². The van der Waals surface area contributed by atoms with Gasteiger partial charge in [-0.1, -0.05) is 0 Å². The van der Waals surface area contributed by atoms with Crippen molar-refractivity contribution in [2.45, 2.75) is 53.5 Å². The first-order chi connectivity index (χ1) is 10.5. The molecule has 1 nitrogen and oxygen atoms in total. The van der Waals surface area contributed by atoms with E-state index in [4.69, 9.17) is 0 Å².